The van der Waals surface area contributed by atoms with E-state index in [4.69, 9.17) is 27.9 Å². The summed E-state index contributed by atoms with van der Waals surface area (Å²) in [6.07, 6.45) is 2.97. The maximum Gasteiger partial charge on any atom is 0.0639 e. The SMILES string of the molecule is COC(C)(C)CCn1ccc2c(Cl)cc(Cl)cc21. The number of aromatic nitrogens is 1. The normalized spacial score (nSPS) is 12.3. The van der Waals surface area contributed by atoms with Crippen LogP contribution in [0.5, 0.6) is 0 Å². The third-order valence-electron chi connectivity index (χ3n) is 3.31. The summed E-state index contributed by atoms with van der Waals surface area (Å²) in [6, 6.07) is 5.74. The highest BCUT2D eigenvalue weighted by Gasteiger charge is 2.16. The van der Waals surface area contributed by atoms with Crippen molar-refractivity contribution in [2.75, 3.05) is 7.11 Å². The molecule has 0 aliphatic rings. The molecule has 2 rings (SSSR count). The van der Waals surface area contributed by atoms with Gasteiger partial charge in [-0.15, -0.1) is 0 Å². The van der Waals surface area contributed by atoms with Crippen molar-refractivity contribution in [1.82, 2.24) is 4.57 Å². The number of rotatable bonds is 4. The molecule has 0 amide bonds. The summed E-state index contributed by atoms with van der Waals surface area (Å²) in [7, 11) is 1.74. The topological polar surface area (TPSA) is 14.2 Å². The van der Waals surface area contributed by atoms with E-state index in [1.807, 2.05) is 18.3 Å². The molecule has 4 heteroatoms. The van der Waals surface area contributed by atoms with Gasteiger partial charge in [0.15, 0.2) is 0 Å². The Morgan fingerprint density at radius 2 is 2.00 bits per heavy atom. The minimum Gasteiger partial charge on any atom is -0.379 e. The third kappa shape index (κ3) is 2.82. The van der Waals surface area contributed by atoms with E-state index in [1.165, 1.54) is 0 Å². The second kappa shape index (κ2) is 5.12. The smallest absolute Gasteiger partial charge is 0.0639 e. The van der Waals surface area contributed by atoms with Gasteiger partial charge in [-0.05, 0) is 38.5 Å². The molecule has 0 atom stereocenters. The Labute approximate surface area is 117 Å². The predicted octanol–water partition coefficient (Wildman–Crippen LogP) is 4.76. The molecule has 1 heterocycles. The molecule has 1 aromatic carbocycles. The summed E-state index contributed by atoms with van der Waals surface area (Å²) in [5, 5.41) is 2.40. The van der Waals surface area contributed by atoms with Gasteiger partial charge in [0, 0.05) is 30.3 Å². The molecule has 98 valence electrons. The molecular formula is C14H17Cl2NO. The molecular weight excluding hydrogens is 269 g/mol. The van der Waals surface area contributed by atoms with Gasteiger partial charge in [0.25, 0.3) is 0 Å². The van der Waals surface area contributed by atoms with Crippen LogP contribution >= 0.6 is 23.2 Å². The molecule has 0 aliphatic carbocycles. The van der Waals surface area contributed by atoms with Crippen LogP contribution in [-0.2, 0) is 11.3 Å². The fourth-order valence-electron chi connectivity index (χ4n) is 1.91. The fourth-order valence-corrected chi connectivity index (χ4v) is 2.45. The third-order valence-corrected chi connectivity index (χ3v) is 3.84. The molecule has 0 fully saturated rings. The number of benzene rings is 1. The van der Waals surface area contributed by atoms with Crippen LogP contribution in [0.3, 0.4) is 0 Å². The first kappa shape index (κ1) is 13.7. The number of halogens is 2. The molecule has 2 aromatic rings. The van der Waals surface area contributed by atoms with Crippen LogP contribution in [0.15, 0.2) is 24.4 Å². The Kier molecular flexibility index (Phi) is 3.90. The average Bonchev–Trinajstić information content (AvgIpc) is 2.70. The Morgan fingerprint density at radius 3 is 2.67 bits per heavy atom. The Balaban J connectivity index is 2.30. The van der Waals surface area contributed by atoms with Gasteiger partial charge in [0.1, 0.15) is 0 Å². The lowest BCUT2D eigenvalue weighted by Crippen LogP contribution is -2.24. The van der Waals surface area contributed by atoms with E-state index in [0.717, 1.165) is 23.9 Å². The van der Waals surface area contributed by atoms with Gasteiger partial charge in [-0.1, -0.05) is 23.2 Å². The van der Waals surface area contributed by atoms with E-state index >= 15 is 0 Å². The summed E-state index contributed by atoms with van der Waals surface area (Å²) in [4.78, 5) is 0. The molecule has 1 aromatic heterocycles. The first-order valence-electron chi connectivity index (χ1n) is 5.92. The summed E-state index contributed by atoms with van der Waals surface area (Å²) in [6.45, 7) is 5.04. The number of hydrogen-bond donors (Lipinski definition) is 0. The summed E-state index contributed by atoms with van der Waals surface area (Å²) in [5.41, 5.74) is 0.943. The van der Waals surface area contributed by atoms with Crippen LogP contribution in [0, 0.1) is 0 Å². The number of fused-ring (bicyclic) bond motifs is 1. The zero-order valence-corrected chi connectivity index (χ0v) is 12.3. The van der Waals surface area contributed by atoms with Crippen molar-refractivity contribution in [3.05, 3.63) is 34.4 Å². The minimum atomic E-state index is -0.126. The van der Waals surface area contributed by atoms with Crippen LogP contribution < -0.4 is 0 Å². The molecule has 0 spiro atoms. The Morgan fingerprint density at radius 1 is 1.28 bits per heavy atom. The quantitative estimate of drug-likeness (QED) is 0.790. The van der Waals surface area contributed by atoms with Crippen molar-refractivity contribution < 1.29 is 4.74 Å². The summed E-state index contributed by atoms with van der Waals surface area (Å²) >= 11 is 12.2. The lowest BCUT2D eigenvalue weighted by atomic mass is 10.1. The van der Waals surface area contributed by atoms with E-state index in [9.17, 15) is 0 Å². The van der Waals surface area contributed by atoms with Gasteiger partial charge in [-0.3, -0.25) is 0 Å². The van der Waals surface area contributed by atoms with E-state index in [2.05, 4.69) is 18.4 Å². The van der Waals surface area contributed by atoms with Crippen LogP contribution in [0.4, 0.5) is 0 Å². The molecule has 0 radical (unpaired) electrons. The van der Waals surface area contributed by atoms with E-state index in [-0.39, 0.29) is 5.60 Å². The number of aryl methyl sites for hydroxylation is 1. The standard InChI is InChI=1S/C14H17Cl2NO/c1-14(2,18-3)5-7-17-6-4-11-12(16)8-10(15)9-13(11)17/h4,6,8-9H,5,7H2,1-3H3. The monoisotopic (exact) mass is 285 g/mol. The van der Waals surface area contributed by atoms with Crippen LogP contribution in [0.1, 0.15) is 20.3 Å². The zero-order valence-electron chi connectivity index (χ0n) is 10.8. The van der Waals surface area contributed by atoms with Gasteiger partial charge in [-0.2, -0.15) is 0 Å². The van der Waals surface area contributed by atoms with Gasteiger partial charge >= 0.3 is 0 Å². The van der Waals surface area contributed by atoms with Crippen molar-refractivity contribution in [1.29, 1.82) is 0 Å². The maximum atomic E-state index is 6.17. The molecule has 0 N–H and O–H groups in total. The average molecular weight is 286 g/mol. The molecule has 2 nitrogen and oxygen atoms in total. The highest BCUT2D eigenvalue weighted by atomic mass is 35.5. The molecule has 0 unspecified atom stereocenters. The fraction of sp³-hybridized carbons (Fsp3) is 0.429. The van der Waals surface area contributed by atoms with Crippen molar-refractivity contribution >= 4 is 34.1 Å². The number of hydrogen-bond acceptors (Lipinski definition) is 1. The van der Waals surface area contributed by atoms with Crippen molar-refractivity contribution in [3.8, 4) is 0 Å². The summed E-state index contributed by atoms with van der Waals surface area (Å²) < 4.78 is 7.59. The summed E-state index contributed by atoms with van der Waals surface area (Å²) in [5.74, 6) is 0. The Bertz CT molecular complexity index is 560. The highest BCUT2D eigenvalue weighted by Crippen LogP contribution is 2.29. The largest absolute Gasteiger partial charge is 0.379 e. The van der Waals surface area contributed by atoms with Gasteiger partial charge < -0.3 is 9.30 Å². The number of ether oxygens (including phenoxy) is 1. The molecule has 0 aliphatic heterocycles. The molecule has 0 saturated carbocycles. The number of nitrogens with zero attached hydrogens (tertiary/aromatic N) is 1. The van der Waals surface area contributed by atoms with Crippen LogP contribution in [-0.4, -0.2) is 17.3 Å². The zero-order chi connectivity index (χ0) is 13.3. The Hall–Kier alpha value is -0.700. The van der Waals surface area contributed by atoms with E-state index in [1.54, 1.807) is 13.2 Å². The van der Waals surface area contributed by atoms with Crippen molar-refractivity contribution in [3.63, 3.8) is 0 Å². The predicted molar refractivity (Wildman–Crippen MR) is 77.7 cm³/mol. The van der Waals surface area contributed by atoms with Crippen molar-refractivity contribution in [2.24, 2.45) is 0 Å². The lowest BCUT2D eigenvalue weighted by Gasteiger charge is -2.23. The lowest BCUT2D eigenvalue weighted by molar-refractivity contribution is 0.0123. The van der Waals surface area contributed by atoms with E-state index < -0.39 is 0 Å². The second-order valence-electron chi connectivity index (χ2n) is 5.04. The van der Waals surface area contributed by atoms with Gasteiger partial charge in [-0.25, -0.2) is 0 Å². The van der Waals surface area contributed by atoms with Gasteiger partial charge in [0.2, 0.25) is 0 Å². The first-order chi connectivity index (χ1) is 8.43. The highest BCUT2D eigenvalue weighted by molar-refractivity contribution is 6.38. The van der Waals surface area contributed by atoms with E-state index in [0.29, 0.717) is 10.0 Å². The molecule has 0 bridgehead atoms. The second-order valence-corrected chi connectivity index (χ2v) is 5.89. The first-order valence-corrected chi connectivity index (χ1v) is 6.67. The number of methoxy groups -OCH3 is 1. The maximum absolute atomic E-state index is 6.17. The molecule has 18 heavy (non-hydrogen) atoms. The minimum absolute atomic E-state index is 0.126. The van der Waals surface area contributed by atoms with Crippen LogP contribution in [0.25, 0.3) is 10.9 Å². The van der Waals surface area contributed by atoms with Crippen molar-refractivity contribution in [2.45, 2.75) is 32.4 Å². The van der Waals surface area contributed by atoms with Crippen LogP contribution in [0.2, 0.25) is 10.0 Å². The van der Waals surface area contributed by atoms with Gasteiger partial charge in [0.05, 0.1) is 16.1 Å². The molecule has 0 saturated heterocycles.